The van der Waals surface area contributed by atoms with Gasteiger partial charge in [0, 0.05) is 18.5 Å². The van der Waals surface area contributed by atoms with Gasteiger partial charge >= 0.3 is 0 Å². The molecule has 0 spiro atoms. The summed E-state index contributed by atoms with van der Waals surface area (Å²) in [6.45, 7) is 12.5. The average Bonchev–Trinajstić information content (AvgIpc) is 2.77. The Hall–Kier alpha value is -1.85. The number of hydrogen-bond donors (Lipinski definition) is 1. The van der Waals surface area contributed by atoms with Crippen molar-refractivity contribution < 1.29 is 14.0 Å². The molecule has 0 fully saturated rings. The largest absolute Gasteiger partial charge is 0.443 e. The van der Waals surface area contributed by atoms with Gasteiger partial charge in [-0.2, -0.15) is 0 Å². The van der Waals surface area contributed by atoms with Crippen molar-refractivity contribution in [2.75, 3.05) is 13.1 Å². The predicted molar refractivity (Wildman–Crippen MR) is 79.8 cm³/mol. The number of oxazole rings is 1. The lowest BCUT2D eigenvalue weighted by Crippen LogP contribution is -2.34. The zero-order valence-electron chi connectivity index (χ0n) is 13.7. The van der Waals surface area contributed by atoms with Crippen molar-refractivity contribution in [2.24, 2.45) is 5.41 Å². The van der Waals surface area contributed by atoms with Crippen LogP contribution in [0.3, 0.4) is 0 Å². The number of hydrogen-bond acceptors (Lipinski definition) is 4. The first-order valence-electron chi connectivity index (χ1n) is 7.24. The van der Waals surface area contributed by atoms with Gasteiger partial charge in [-0.1, -0.05) is 20.8 Å². The maximum absolute atomic E-state index is 12.3. The number of nitrogens with one attached hydrogen (secondary N) is 1. The minimum absolute atomic E-state index is 0.0880. The molecule has 0 aliphatic rings. The zero-order valence-corrected chi connectivity index (χ0v) is 13.7. The molecule has 21 heavy (non-hydrogen) atoms. The van der Waals surface area contributed by atoms with Crippen LogP contribution < -0.4 is 5.32 Å². The monoisotopic (exact) mass is 295 g/mol. The van der Waals surface area contributed by atoms with Crippen LogP contribution in [0.5, 0.6) is 0 Å². The van der Waals surface area contributed by atoms with Crippen LogP contribution in [0.1, 0.15) is 56.8 Å². The highest BCUT2D eigenvalue weighted by molar-refractivity contribution is 5.93. The number of nitrogens with zero attached hydrogens (tertiary/aromatic N) is 2. The fourth-order valence-electron chi connectivity index (χ4n) is 1.81. The van der Waals surface area contributed by atoms with E-state index in [9.17, 15) is 9.59 Å². The van der Waals surface area contributed by atoms with Crippen LogP contribution in [-0.4, -0.2) is 34.8 Å². The van der Waals surface area contributed by atoms with Gasteiger partial charge in [0.2, 0.25) is 11.8 Å². The Labute approximate surface area is 125 Å². The molecule has 0 aliphatic heterocycles. The van der Waals surface area contributed by atoms with Gasteiger partial charge in [-0.15, -0.1) is 0 Å². The molecular weight excluding hydrogens is 270 g/mol. The van der Waals surface area contributed by atoms with Crippen LogP contribution in [0.25, 0.3) is 0 Å². The highest BCUT2D eigenvalue weighted by Gasteiger charge is 2.23. The second kappa shape index (κ2) is 6.74. The van der Waals surface area contributed by atoms with E-state index in [0.717, 1.165) is 0 Å². The Morgan fingerprint density at radius 1 is 1.24 bits per heavy atom. The predicted octanol–water partition coefficient (Wildman–Crippen LogP) is 2.13. The van der Waals surface area contributed by atoms with Gasteiger partial charge < -0.3 is 14.6 Å². The quantitative estimate of drug-likeness (QED) is 0.903. The van der Waals surface area contributed by atoms with Crippen molar-refractivity contribution in [2.45, 2.75) is 48.1 Å². The molecule has 0 aromatic carbocycles. The lowest BCUT2D eigenvalue weighted by atomic mass is 9.96. The van der Waals surface area contributed by atoms with Crippen LogP contribution in [0.2, 0.25) is 0 Å². The molecule has 6 heteroatoms. The Balaban J connectivity index is 2.79. The summed E-state index contributed by atoms with van der Waals surface area (Å²) in [5, 5.41) is 2.76. The minimum atomic E-state index is -0.471. The van der Waals surface area contributed by atoms with E-state index in [-0.39, 0.29) is 18.4 Å². The fraction of sp³-hybridized carbons (Fsp3) is 0.667. The molecule has 2 amide bonds. The summed E-state index contributed by atoms with van der Waals surface area (Å²) in [4.78, 5) is 30.0. The highest BCUT2D eigenvalue weighted by atomic mass is 16.4. The first kappa shape index (κ1) is 17.2. The number of rotatable bonds is 5. The number of carbonyl (C=O) groups excluding carboxylic acids is 2. The molecule has 0 aliphatic carbocycles. The lowest BCUT2D eigenvalue weighted by Gasteiger charge is -2.17. The molecule has 6 nitrogen and oxygen atoms in total. The maximum atomic E-state index is 12.3. The standard InChI is InChI=1S/C15H25N3O3/c1-7-18(8-2)13(19)12-10(3)21-11(17-12)9-16-14(20)15(4,5)6/h7-9H2,1-6H3,(H,16,20). The molecule has 0 bridgehead atoms. The second-order valence-electron chi connectivity index (χ2n) is 5.92. The van der Waals surface area contributed by atoms with E-state index in [1.807, 2.05) is 34.6 Å². The molecule has 1 aromatic heterocycles. The molecule has 1 aromatic rings. The van der Waals surface area contributed by atoms with Crippen LogP contribution in [-0.2, 0) is 11.3 Å². The summed E-state index contributed by atoms with van der Waals surface area (Å²) in [5.41, 5.74) is -0.152. The molecule has 0 saturated heterocycles. The first-order chi connectivity index (χ1) is 9.70. The second-order valence-corrected chi connectivity index (χ2v) is 5.92. The third-order valence-corrected chi connectivity index (χ3v) is 3.18. The molecule has 118 valence electrons. The van der Waals surface area contributed by atoms with Crippen molar-refractivity contribution in [3.8, 4) is 0 Å². The summed E-state index contributed by atoms with van der Waals surface area (Å²) >= 11 is 0. The summed E-state index contributed by atoms with van der Waals surface area (Å²) in [5.74, 6) is 0.595. The molecule has 1 heterocycles. The highest BCUT2D eigenvalue weighted by Crippen LogP contribution is 2.15. The first-order valence-corrected chi connectivity index (χ1v) is 7.24. The van der Waals surface area contributed by atoms with Gasteiger partial charge in [-0.3, -0.25) is 9.59 Å². The third-order valence-electron chi connectivity index (χ3n) is 3.18. The Kier molecular flexibility index (Phi) is 5.52. The number of aromatic nitrogens is 1. The summed E-state index contributed by atoms with van der Waals surface area (Å²) < 4.78 is 5.46. The van der Waals surface area contributed by atoms with E-state index in [1.165, 1.54) is 0 Å². The third kappa shape index (κ3) is 4.31. The van der Waals surface area contributed by atoms with Crippen LogP contribution >= 0.6 is 0 Å². The smallest absolute Gasteiger partial charge is 0.276 e. The Morgan fingerprint density at radius 3 is 2.29 bits per heavy atom. The summed E-state index contributed by atoms with van der Waals surface area (Å²) in [6.07, 6.45) is 0. The number of amides is 2. The Morgan fingerprint density at radius 2 is 1.81 bits per heavy atom. The molecule has 0 atom stereocenters. The van der Waals surface area contributed by atoms with Gasteiger partial charge in [-0.05, 0) is 20.8 Å². The van der Waals surface area contributed by atoms with Gasteiger partial charge in [0.15, 0.2) is 5.69 Å². The van der Waals surface area contributed by atoms with Crippen LogP contribution in [0.4, 0.5) is 0 Å². The summed E-state index contributed by atoms with van der Waals surface area (Å²) in [7, 11) is 0. The average molecular weight is 295 g/mol. The SMILES string of the molecule is CCN(CC)C(=O)c1nc(CNC(=O)C(C)(C)C)oc1C. The van der Waals surface area contributed by atoms with Crippen molar-refractivity contribution in [3.63, 3.8) is 0 Å². The van der Waals surface area contributed by atoms with Crippen molar-refractivity contribution in [1.29, 1.82) is 0 Å². The van der Waals surface area contributed by atoms with Gasteiger partial charge in [0.05, 0.1) is 6.54 Å². The van der Waals surface area contributed by atoms with Gasteiger partial charge in [0.1, 0.15) is 5.76 Å². The van der Waals surface area contributed by atoms with E-state index in [2.05, 4.69) is 10.3 Å². The number of carbonyl (C=O) groups is 2. The zero-order chi connectivity index (χ0) is 16.2. The van der Waals surface area contributed by atoms with E-state index < -0.39 is 5.41 Å². The van der Waals surface area contributed by atoms with E-state index in [0.29, 0.717) is 30.4 Å². The van der Waals surface area contributed by atoms with E-state index in [1.54, 1.807) is 11.8 Å². The fourth-order valence-corrected chi connectivity index (χ4v) is 1.81. The van der Waals surface area contributed by atoms with Gasteiger partial charge in [-0.25, -0.2) is 4.98 Å². The van der Waals surface area contributed by atoms with E-state index >= 15 is 0 Å². The Bertz CT molecular complexity index is 511. The van der Waals surface area contributed by atoms with Crippen molar-refractivity contribution in [1.82, 2.24) is 15.2 Å². The summed E-state index contributed by atoms with van der Waals surface area (Å²) in [6, 6.07) is 0. The van der Waals surface area contributed by atoms with Crippen molar-refractivity contribution in [3.05, 3.63) is 17.3 Å². The van der Waals surface area contributed by atoms with Gasteiger partial charge in [0.25, 0.3) is 5.91 Å². The molecule has 1 N–H and O–H groups in total. The number of aryl methyl sites for hydroxylation is 1. The van der Waals surface area contributed by atoms with Crippen LogP contribution in [0.15, 0.2) is 4.42 Å². The normalized spacial score (nSPS) is 11.3. The molecular formula is C15H25N3O3. The molecule has 0 saturated carbocycles. The molecule has 1 rings (SSSR count). The van der Waals surface area contributed by atoms with Crippen LogP contribution in [0, 0.1) is 12.3 Å². The minimum Gasteiger partial charge on any atom is -0.443 e. The van der Waals surface area contributed by atoms with E-state index in [4.69, 9.17) is 4.42 Å². The molecule has 0 radical (unpaired) electrons. The molecule has 0 unspecified atom stereocenters. The van der Waals surface area contributed by atoms with Crippen molar-refractivity contribution >= 4 is 11.8 Å². The maximum Gasteiger partial charge on any atom is 0.276 e. The topological polar surface area (TPSA) is 75.4 Å². The lowest BCUT2D eigenvalue weighted by molar-refractivity contribution is -0.128.